The number of para-hydroxylation sites is 1. The van der Waals surface area contributed by atoms with E-state index < -0.39 is 0 Å². The summed E-state index contributed by atoms with van der Waals surface area (Å²) in [7, 11) is 1.58. The number of methoxy groups -OCH3 is 1. The monoisotopic (exact) mass is 261 g/mol. The number of hydrogen-bond acceptors (Lipinski definition) is 3. The number of benzene rings is 2. The van der Waals surface area contributed by atoms with Gasteiger partial charge in [-0.3, -0.25) is 4.79 Å². The molecule has 2 rings (SSSR count). The minimum Gasteiger partial charge on any atom is -0.497 e. The van der Waals surface area contributed by atoms with Gasteiger partial charge >= 0.3 is 0 Å². The first-order valence-electron chi connectivity index (χ1n) is 5.36. The van der Waals surface area contributed by atoms with E-state index in [0.29, 0.717) is 27.6 Å². The van der Waals surface area contributed by atoms with Crippen LogP contribution in [0.5, 0.6) is 5.75 Å². The minimum atomic E-state index is -0.155. The molecule has 2 N–H and O–H groups in total. The largest absolute Gasteiger partial charge is 0.497 e. The van der Waals surface area contributed by atoms with E-state index in [0.717, 1.165) is 0 Å². The van der Waals surface area contributed by atoms with Gasteiger partial charge in [0.25, 0.3) is 0 Å². The third-order valence-electron chi connectivity index (χ3n) is 2.65. The molecule has 3 nitrogen and oxygen atoms in total. The number of anilines is 1. The number of nitrogens with two attached hydrogens (primary N) is 1. The minimum absolute atomic E-state index is 0.155. The molecule has 4 heteroatoms. The van der Waals surface area contributed by atoms with Crippen molar-refractivity contribution in [3.8, 4) is 5.75 Å². The highest BCUT2D eigenvalue weighted by Crippen LogP contribution is 2.25. The molecule has 0 fully saturated rings. The fourth-order valence-electron chi connectivity index (χ4n) is 1.63. The molecular weight excluding hydrogens is 250 g/mol. The van der Waals surface area contributed by atoms with Crippen LogP contribution in [0.3, 0.4) is 0 Å². The van der Waals surface area contributed by atoms with E-state index in [1.54, 1.807) is 49.6 Å². The average molecular weight is 262 g/mol. The van der Waals surface area contributed by atoms with Gasteiger partial charge in [0.1, 0.15) is 5.75 Å². The number of carbonyl (C=O) groups is 1. The summed E-state index contributed by atoms with van der Waals surface area (Å²) in [5.41, 5.74) is 7.06. The highest BCUT2D eigenvalue weighted by Gasteiger charge is 2.13. The van der Waals surface area contributed by atoms with E-state index in [4.69, 9.17) is 22.1 Å². The van der Waals surface area contributed by atoms with Crippen molar-refractivity contribution in [3.63, 3.8) is 0 Å². The number of hydrogen-bond donors (Lipinski definition) is 1. The van der Waals surface area contributed by atoms with Crippen molar-refractivity contribution in [1.82, 2.24) is 0 Å². The lowest BCUT2D eigenvalue weighted by molar-refractivity contribution is 0.103. The lowest BCUT2D eigenvalue weighted by atomic mass is 10.0. The smallest absolute Gasteiger partial charge is 0.195 e. The predicted octanol–water partition coefficient (Wildman–Crippen LogP) is 3.16. The molecule has 0 saturated carbocycles. The third kappa shape index (κ3) is 2.31. The number of carbonyl (C=O) groups excluding carboxylic acids is 1. The molecular formula is C14H12ClNO2. The van der Waals surface area contributed by atoms with Crippen LogP contribution < -0.4 is 10.5 Å². The molecule has 0 atom stereocenters. The zero-order valence-electron chi connectivity index (χ0n) is 9.81. The Morgan fingerprint density at radius 1 is 1.17 bits per heavy atom. The summed E-state index contributed by atoms with van der Waals surface area (Å²) in [5.74, 6) is 0.545. The Bertz CT molecular complexity index is 579. The van der Waals surface area contributed by atoms with Crippen LogP contribution in [-0.2, 0) is 0 Å². The molecule has 0 aromatic heterocycles. The molecule has 0 aliphatic heterocycles. The maximum absolute atomic E-state index is 12.2. The lowest BCUT2D eigenvalue weighted by Gasteiger charge is -2.07. The first-order valence-corrected chi connectivity index (χ1v) is 5.74. The highest BCUT2D eigenvalue weighted by atomic mass is 35.5. The van der Waals surface area contributed by atoms with Crippen LogP contribution in [0.2, 0.25) is 5.02 Å². The second kappa shape index (κ2) is 5.10. The van der Waals surface area contributed by atoms with Crippen LogP contribution >= 0.6 is 11.6 Å². The number of nitrogen functional groups attached to an aromatic ring is 1. The van der Waals surface area contributed by atoms with Gasteiger partial charge in [0.05, 0.1) is 17.8 Å². The Labute approximate surface area is 110 Å². The molecule has 92 valence electrons. The van der Waals surface area contributed by atoms with E-state index >= 15 is 0 Å². The van der Waals surface area contributed by atoms with Crippen LogP contribution in [0.1, 0.15) is 15.9 Å². The molecule has 0 aliphatic rings. The van der Waals surface area contributed by atoms with Crippen molar-refractivity contribution in [2.75, 3.05) is 12.8 Å². The molecule has 0 aliphatic carbocycles. The topological polar surface area (TPSA) is 52.3 Å². The van der Waals surface area contributed by atoms with E-state index in [-0.39, 0.29) is 5.78 Å². The summed E-state index contributed by atoms with van der Waals surface area (Å²) in [6.07, 6.45) is 0. The Hall–Kier alpha value is -2.00. The van der Waals surface area contributed by atoms with Gasteiger partial charge in [0, 0.05) is 11.1 Å². The van der Waals surface area contributed by atoms with Crippen molar-refractivity contribution < 1.29 is 9.53 Å². The van der Waals surface area contributed by atoms with Gasteiger partial charge < -0.3 is 10.5 Å². The first-order chi connectivity index (χ1) is 8.63. The molecule has 0 radical (unpaired) electrons. The number of halogens is 1. The summed E-state index contributed by atoms with van der Waals surface area (Å²) in [5, 5.41) is 0.384. The van der Waals surface area contributed by atoms with Gasteiger partial charge in [0.15, 0.2) is 5.78 Å². The van der Waals surface area contributed by atoms with Crippen molar-refractivity contribution in [2.24, 2.45) is 0 Å². The second-order valence-corrected chi connectivity index (χ2v) is 4.17. The van der Waals surface area contributed by atoms with Gasteiger partial charge in [-0.2, -0.15) is 0 Å². The van der Waals surface area contributed by atoms with Gasteiger partial charge in [-0.1, -0.05) is 17.7 Å². The van der Waals surface area contributed by atoms with Crippen LogP contribution in [0.25, 0.3) is 0 Å². The van der Waals surface area contributed by atoms with E-state index in [1.165, 1.54) is 0 Å². The molecule has 2 aromatic rings. The van der Waals surface area contributed by atoms with E-state index in [9.17, 15) is 4.79 Å². The molecule has 0 amide bonds. The Balaban J connectivity index is 2.38. The summed E-state index contributed by atoms with van der Waals surface area (Å²) in [6, 6.07) is 11.9. The third-order valence-corrected chi connectivity index (χ3v) is 2.98. The van der Waals surface area contributed by atoms with Gasteiger partial charge in [-0.25, -0.2) is 0 Å². The normalized spacial score (nSPS) is 10.1. The number of rotatable bonds is 3. The molecule has 0 bridgehead atoms. The number of ether oxygens (including phenoxy) is 1. The van der Waals surface area contributed by atoms with Crippen LogP contribution in [0.15, 0.2) is 42.5 Å². The van der Waals surface area contributed by atoms with E-state index in [1.807, 2.05) is 0 Å². The zero-order valence-corrected chi connectivity index (χ0v) is 10.6. The summed E-state index contributed by atoms with van der Waals surface area (Å²) in [4.78, 5) is 12.2. The van der Waals surface area contributed by atoms with Gasteiger partial charge in [-0.05, 0) is 36.4 Å². The molecule has 0 saturated heterocycles. The second-order valence-electron chi connectivity index (χ2n) is 3.76. The SMILES string of the molecule is COc1ccc(C(=O)c2cccc(Cl)c2N)cc1. The van der Waals surface area contributed by atoms with Crippen molar-refractivity contribution in [1.29, 1.82) is 0 Å². The maximum atomic E-state index is 12.2. The van der Waals surface area contributed by atoms with E-state index in [2.05, 4.69) is 0 Å². The average Bonchev–Trinajstić information content (AvgIpc) is 2.41. The molecule has 2 aromatic carbocycles. The maximum Gasteiger partial charge on any atom is 0.195 e. The Morgan fingerprint density at radius 3 is 2.44 bits per heavy atom. The summed E-state index contributed by atoms with van der Waals surface area (Å²) in [6.45, 7) is 0. The summed E-state index contributed by atoms with van der Waals surface area (Å²) >= 11 is 5.90. The highest BCUT2D eigenvalue weighted by molar-refractivity contribution is 6.34. The van der Waals surface area contributed by atoms with Crippen molar-refractivity contribution in [2.45, 2.75) is 0 Å². The lowest BCUT2D eigenvalue weighted by Crippen LogP contribution is -2.05. The predicted molar refractivity (Wildman–Crippen MR) is 72.3 cm³/mol. The summed E-state index contributed by atoms with van der Waals surface area (Å²) < 4.78 is 5.04. The van der Waals surface area contributed by atoms with Crippen LogP contribution in [0, 0.1) is 0 Å². The molecule has 0 spiro atoms. The quantitative estimate of drug-likeness (QED) is 0.682. The fraction of sp³-hybridized carbons (Fsp3) is 0.0714. The van der Waals surface area contributed by atoms with Crippen molar-refractivity contribution >= 4 is 23.1 Å². The van der Waals surface area contributed by atoms with Crippen LogP contribution in [0.4, 0.5) is 5.69 Å². The Morgan fingerprint density at radius 2 is 1.83 bits per heavy atom. The van der Waals surface area contributed by atoms with Gasteiger partial charge in [-0.15, -0.1) is 0 Å². The molecule has 0 heterocycles. The first kappa shape index (κ1) is 12.5. The van der Waals surface area contributed by atoms with Gasteiger partial charge in [0.2, 0.25) is 0 Å². The molecule has 18 heavy (non-hydrogen) atoms. The Kier molecular flexibility index (Phi) is 3.53. The number of ketones is 1. The molecule has 0 unspecified atom stereocenters. The zero-order chi connectivity index (χ0) is 13.1. The fourth-order valence-corrected chi connectivity index (χ4v) is 1.81. The van der Waals surface area contributed by atoms with Crippen LogP contribution in [-0.4, -0.2) is 12.9 Å². The standard InChI is InChI=1S/C14H12ClNO2/c1-18-10-7-5-9(6-8-10)14(17)11-3-2-4-12(15)13(11)16/h2-8H,16H2,1H3. The van der Waals surface area contributed by atoms with Crippen molar-refractivity contribution in [3.05, 3.63) is 58.6 Å².